The van der Waals surface area contributed by atoms with Crippen LogP contribution >= 0.6 is 0 Å². The number of imidazole rings is 1. The number of halogens is 2. The number of carbonyl (C=O) groups excluding carboxylic acids is 1. The molecule has 0 radical (unpaired) electrons. The maximum atomic E-state index is 12.8. The van der Waals surface area contributed by atoms with Crippen LogP contribution in [-0.2, 0) is 4.74 Å². The Morgan fingerprint density at radius 3 is 2.94 bits per heavy atom. The molecular formula is C11H10F2N2O2. The van der Waals surface area contributed by atoms with Crippen LogP contribution in [0.4, 0.5) is 8.78 Å². The van der Waals surface area contributed by atoms with Gasteiger partial charge >= 0.3 is 5.97 Å². The van der Waals surface area contributed by atoms with Gasteiger partial charge in [0.15, 0.2) is 5.69 Å². The predicted molar refractivity (Wildman–Crippen MR) is 56.1 cm³/mol. The van der Waals surface area contributed by atoms with Gasteiger partial charge in [-0.3, -0.25) is 4.40 Å². The van der Waals surface area contributed by atoms with Crippen molar-refractivity contribution in [2.75, 3.05) is 6.61 Å². The molecule has 6 heteroatoms. The van der Waals surface area contributed by atoms with Crippen LogP contribution in [0.5, 0.6) is 0 Å². The molecule has 0 unspecified atom stereocenters. The number of ether oxygens (including phenoxy) is 1. The van der Waals surface area contributed by atoms with Gasteiger partial charge in [0.25, 0.3) is 6.43 Å². The molecule has 0 bridgehead atoms. The summed E-state index contributed by atoms with van der Waals surface area (Å²) in [5, 5.41) is 0. The number of hydrogen-bond donors (Lipinski definition) is 0. The van der Waals surface area contributed by atoms with Crippen molar-refractivity contribution in [3.63, 3.8) is 0 Å². The molecular weight excluding hydrogens is 230 g/mol. The van der Waals surface area contributed by atoms with Crippen LogP contribution in [0.1, 0.15) is 29.5 Å². The van der Waals surface area contributed by atoms with E-state index in [0.717, 1.165) is 0 Å². The van der Waals surface area contributed by atoms with E-state index in [1.165, 1.54) is 10.6 Å². The summed E-state index contributed by atoms with van der Waals surface area (Å²) in [4.78, 5) is 15.4. The first kappa shape index (κ1) is 11.5. The Kier molecular flexibility index (Phi) is 3.03. The zero-order valence-corrected chi connectivity index (χ0v) is 9.06. The zero-order valence-electron chi connectivity index (χ0n) is 9.06. The highest BCUT2D eigenvalue weighted by molar-refractivity contribution is 5.90. The van der Waals surface area contributed by atoms with E-state index in [0.29, 0.717) is 5.65 Å². The van der Waals surface area contributed by atoms with Gasteiger partial charge in [0.2, 0.25) is 0 Å². The lowest BCUT2D eigenvalue weighted by Gasteiger charge is -2.03. The average Bonchev–Trinajstić information content (AvgIpc) is 2.68. The Labute approximate surface area is 95.8 Å². The third-order valence-corrected chi connectivity index (χ3v) is 2.23. The van der Waals surface area contributed by atoms with E-state index in [2.05, 4.69) is 4.98 Å². The standard InChI is InChI=1S/C11H10F2N2O2/c1-2-17-11(16)9-8(10(12)13)14-7-5-3-4-6-15(7)9/h3-6,10H,2H2,1H3. The molecule has 0 aliphatic heterocycles. The molecule has 4 nitrogen and oxygen atoms in total. The number of rotatable bonds is 3. The molecule has 0 atom stereocenters. The fraction of sp³-hybridized carbons (Fsp3) is 0.273. The quantitative estimate of drug-likeness (QED) is 0.774. The maximum absolute atomic E-state index is 12.8. The topological polar surface area (TPSA) is 43.6 Å². The van der Waals surface area contributed by atoms with E-state index in [1.54, 1.807) is 25.1 Å². The molecule has 2 aromatic rings. The molecule has 17 heavy (non-hydrogen) atoms. The normalized spacial score (nSPS) is 11.1. The first-order chi connectivity index (χ1) is 8.15. The maximum Gasteiger partial charge on any atom is 0.357 e. The zero-order chi connectivity index (χ0) is 12.4. The van der Waals surface area contributed by atoms with E-state index in [-0.39, 0.29) is 12.3 Å². The second-order valence-electron chi connectivity index (χ2n) is 3.30. The van der Waals surface area contributed by atoms with Gasteiger partial charge in [0.05, 0.1) is 6.61 Å². The van der Waals surface area contributed by atoms with Gasteiger partial charge < -0.3 is 4.74 Å². The third kappa shape index (κ3) is 1.98. The summed E-state index contributed by atoms with van der Waals surface area (Å²) in [6, 6.07) is 4.84. The highest BCUT2D eigenvalue weighted by Crippen LogP contribution is 2.24. The Morgan fingerprint density at radius 2 is 2.29 bits per heavy atom. The number of alkyl halides is 2. The van der Waals surface area contributed by atoms with E-state index in [9.17, 15) is 13.6 Å². The van der Waals surface area contributed by atoms with E-state index in [1.807, 2.05) is 0 Å². The summed E-state index contributed by atoms with van der Waals surface area (Å²) in [5.74, 6) is -0.790. The summed E-state index contributed by atoms with van der Waals surface area (Å²) in [5.41, 5.74) is -0.460. The Bertz CT molecular complexity index is 551. The van der Waals surface area contributed by atoms with Crippen LogP contribution in [-0.4, -0.2) is 22.0 Å². The van der Waals surface area contributed by atoms with Crippen LogP contribution in [0.15, 0.2) is 24.4 Å². The van der Waals surface area contributed by atoms with E-state index in [4.69, 9.17) is 4.74 Å². The minimum absolute atomic E-state index is 0.127. The molecule has 2 heterocycles. The first-order valence-corrected chi connectivity index (χ1v) is 5.07. The second kappa shape index (κ2) is 4.48. The van der Waals surface area contributed by atoms with Crippen molar-refractivity contribution >= 4 is 11.6 Å². The number of fused-ring (bicyclic) bond motifs is 1. The monoisotopic (exact) mass is 240 g/mol. The van der Waals surface area contributed by atoms with Gasteiger partial charge in [-0.15, -0.1) is 0 Å². The third-order valence-electron chi connectivity index (χ3n) is 2.23. The van der Waals surface area contributed by atoms with E-state index < -0.39 is 18.1 Å². The number of carbonyl (C=O) groups is 1. The summed E-state index contributed by atoms with van der Waals surface area (Å²) < 4.78 is 31.6. The lowest BCUT2D eigenvalue weighted by molar-refractivity contribution is 0.0506. The van der Waals surface area contributed by atoms with Crippen molar-refractivity contribution in [3.05, 3.63) is 35.8 Å². The van der Waals surface area contributed by atoms with Crippen LogP contribution in [0.2, 0.25) is 0 Å². The number of esters is 1. The Balaban J connectivity index is 2.63. The number of pyridine rings is 1. The molecule has 2 aromatic heterocycles. The Hall–Kier alpha value is -1.98. The van der Waals surface area contributed by atoms with Crippen molar-refractivity contribution in [2.45, 2.75) is 13.3 Å². The molecule has 0 saturated carbocycles. The molecule has 2 rings (SSSR count). The van der Waals surface area contributed by atoms with Crippen molar-refractivity contribution in [2.24, 2.45) is 0 Å². The molecule has 0 aliphatic carbocycles. The van der Waals surface area contributed by atoms with Crippen LogP contribution in [0.3, 0.4) is 0 Å². The van der Waals surface area contributed by atoms with E-state index >= 15 is 0 Å². The number of hydrogen-bond acceptors (Lipinski definition) is 3. The van der Waals surface area contributed by atoms with Crippen molar-refractivity contribution in [1.82, 2.24) is 9.38 Å². The SMILES string of the molecule is CCOC(=O)c1c(C(F)F)nc2ccccn12. The minimum atomic E-state index is -2.81. The first-order valence-electron chi connectivity index (χ1n) is 5.07. The van der Waals surface area contributed by atoms with Crippen LogP contribution in [0.25, 0.3) is 5.65 Å². The highest BCUT2D eigenvalue weighted by Gasteiger charge is 2.25. The summed E-state index contributed by atoms with van der Waals surface area (Å²) in [6.45, 7) is 1.74. The van der Waals surface area contributed by atoms with Gasteiger partial charge in [-0.05, 0) is 19.1 Å². The molecule has 0 aromatic carbocycles. The van der Waals surface area contributed by atoms with Gasteiger partial charge in [0.1, 0.15) is 11.3 Å². The second-order valence-corrected chi connectivity index (χ2v) is 3.30. The van der Waals surface area contributed by atoms with Crippen molar-refractivity contribution in [3.8, 4) is 0 Å². The van der Waals surface area contributed by atoms with Gasteiger partial charge in [-0.1, -0.05) is 6.07 Å². The predicted octanol–water partition coefficient (Wildman–Crippen LogP) is 2.45. The fourth-order valence-corrected chi connectivity index (χ4v) is 1.57. The van der Waals surface area contributed by atoms with Crippen LogP contribution in [0, 0.1) is 0 Å². The van der Waals surface area contributed by atoms with Gasteiger partial charge in [-0.2, -0.15) is 0 Å². The fourth-order valence-electron chi connectivity index (χ4n) is 1.57. The lowest BCUT2D eigenvalue weighted by Crippen LogP contribution is -2.10. The molecule has 90 valence electrons. The summed E-state index contributed by atoms with van der Waals surface area (Å²) in [7, 11) is 0. The van der Waals surface area contributed by atoms with Crippen molar-refractivity contribution < 1.29 is 18.3 Å². The summed E-state index contributed by atoms with van der Waals surface area (Å²) >= 11 is 0. The Morgan fingerprint density at radius 1 is 1.53 bits per heavy atom. The van der Waals surface area contributed by atoms with Gasteiger partial charge in [0, 0.05) is 6.20 Å². The molecule has 0 fully saturated rings. The van der Waals surface area contributed by atoms with Gasteiger partial charge in [-0.25, -0.2) is 18.6 Å². The number of nitrogens with zero attached hydrogens (tertiary/aromatic N) is 2. The lowest BCUT2D eigenvalue weighted by atomic mass is 10.3. The smallest absolute Gasteiger partial charge is 0.357 e. The van der Waals surface area contributed by atoms with Crippen molar-refractivity contribution in [1.29, 1.82) is 0 Å². The largest absolute Gasteiger partial charge is 0.461 e. The molecule has 0 amide bonds. The number of aromatic nitrogens is 2. The molecule has 0 spiro atoms. The minimum Gasteiger partial charge on any atom is -0.461 e. The molecule has 0 saturated heterocycles. The average molecular weight is 240 g/mol. The molecule has 0 N–H and O–H groups in total. The highest BCUT2D eigenvalue weighted by atomic mass is 19.3. The summed E-state index contributed by atoms with van der Waals surface area (Å²) in [6.07, 6.45) is -1.31. The molecule has 0 aliphatic rings. The van der Waals surface area contributed by atoms with Crippen LogP contribution < -0.4 is 0 Å².